The van der Waals surface area contributed by atoms with Gasteiger partial charge >= 0.3 is 0 Å². The molecular weight excluding hydrogens is 316 g/mol. The molecule has 2 atom stereocenters. The summed E-state index contributed by atoms with van der Waals surface area (Å²) in [6.07, 6.45) is 2.65. The molecule has 25 heavy (non-hydrogen) atoms. The maximum atomic E-state index is 12.5. The molecule has 134 valence electrons. The van der Waals surface area contributed by atoms with Gasteiger partial charge in [-0.05, 0) is 25.3 Å². The van der Waals surface area contributed by atoms with Crippen molar-refractivity contribution in [2.75, 3.05) is 19.6 Å². The van der Waals surface area contributed by atoms with E-state index < -0.39 is 11.5 Å². The minimum atomic E-state index is -0.650. The Labute approximate surface area is 148 Å². The van der Waals surface area contributed by atoms with Gasteiger partial charge in [0.15, 0.2) is 0 Å². The first-order valence-electron chi connectivity index (χ1n) is 9.32. The molecule has 2 fully saturated rings. The third-order valence-electron chi connectivity index (χ3n) is 5.88. The molecule has 1 aromatic carbocycles. The van der Waals surface area contributed by atoms with Gasteiger partial charge in [-0.1, -0.05) is 25.1 Å². The van der Waals surface area contributed by atoms with Gasteiger partial charge in [-0.2, -0.15) is 0 Å². The lowest BCUT2D eigenvalue weighted by atomic mass is 9.71. The number of carbonyl (C=O) groups excluding carboxylic acids is 1. The summed E-state index contributed by atoms with van der Waals surface area (Å²) < 4.78 is 6.01. The summed E-state index contributed by atoms with van der Waals surface area (Å²) in [7, 11) is 0. The number of para-hydroxylation sites is 1. The Morgan fingerprint density at radius 2 is 2.24 bits per heavy atom. The highest BCUT2D eigenvalue weighted by atomic mass is 16.3. The Hall–Kier alpha value is -1.85. The van der Waals surface area contributed by atoms with Crippen molar-refractivity contribution < 1.29 is 14.3 Å². The number of nitrogens with zero attached hydrogens (tertiary/aromatic N) is 1. The van der Waals surface area contributed by atoms with Crippen molar-refractivity contribution in [1.82, 2.24) is 10.2 Å². The lowest BCUT2D eigenvalue weighted by Gasteiger charge is -2.47. The molecule has 1 spiro atoms. The normalized spacial score (nSPS) is 27.8. The second kappa shape index (κ2) is 6.46. The molecule has 1 amide bonds. The summed E-state index contributed by atoms with van der Waals surface area (Å²) in [5, 5.41) is 14.7. The summed E-state index contributed by atoms with van der Waals surface area (Å²) >= 11 is 0. The Bertz CT molecular complexity index is 784. The van der Waals surface area contributed by atoms with Crippen molar-refractivity contribution in [2.24, 2.45) is 5.41 Å². The van der Waals surface area contributed by atoms with Crippen molar-refractivity contribution >= 4 is 16.9 Å². The van der Waals surface area contributed by atoms with E-state index in [2.05, 4.69) is 23.2 Å². The van der Waals surface area contributed by atoms with E-state index >= 15 is 0 Å². The van der Waals surface area contributed by atoms with Crippen LogP contribution < -0.4 is 5.32 Å². The van der Waals surface area contributed by atoms with Crippen LogP contribution in [-0.2, 0) is 17.8 Å². The molecule has 2 aliphatic heterocycles. The van der Waals surface area contributed by atoms with Crippen molar-refractivity contribution in [3.8, 4) is 0 Å². The highest BCUT2D eigenvalue weighted by Gasteiger charge is 2.49. The summed E-state index contributed by atoms with van der Waals surface area (Å²) in [6.45, 7) is 5.01. The minimum absolute atomic E-state index is 0.0173. The number of hydrogen-bond donors (Lipinski definition) is 2. The second-order valence-electron chi connectivity index (χ2n) is 7.38. The van der Waals surface area contributed by atoms with Crippen LogP contribution in [0.4, 0.5) is 0 Å². The van der Waals surface area contributed by atoms with E-state index in [1.54, 1.807) is 0 Å². The number of nitrogens with one attached hydrogen (secondary N) is 1. The topological polar surface area (TPSA) is 65.7 Å². The molecule has 2 aromatic rings. The molecule has 5 nitrogen and oxygen atoms in total. The first-order chi connectivity index (χ1) is 12.1. The van der Waals surface area contributed by atoms with Gasteiger partial charge in [-0.25, -0.2) is 0 Å². The van der Waals surface area contributed by atoms with Gasteiger partial charge in [0.05, 0.1) is 11.5 Å². The highest BCUT2D eigenvalue weighted by molar-refractivity contribution is 5.84. The molecule has 0 saturated carbocycles. The first kappa shape index (κ1) is 16.6. The van der Waals surface area contributed by atoms with Crippen LogP contribution in [0, 0.1) is 5.41 Å². The number of aliphatic hydroxyl groups is 1. The summed E-state index contributed by atoms with van der Waals surface area (Å²) in [5.74, 6) is 1.04. The van der Waals surface area contributed by atoms with Crippen molar-refractivity contribution in [2.45, 2.75) is 45.3 Å². The van der Waals surface area contributed by atoms with Gasteiger partial charge in [0, 0.05) is 43.5 Å². The predicted molar refractivity (Wildman–Crippen MR) is 96.2 cm³/mol. The van der Waals surface area contributed by atoms with E-state index in [4.69, 9.17) is 4.42 Å². The Morgan fingerprint density at radius 3 is 3.04 bits per heavy atom. The zero-order valence-electron chi connectivity index (χ0n) is 14.8. The Kier molecular flexibility index (Phi) is 4.29. The molecule has 0 unspecified atom stereocenters. The number of aliphatic hydroxyl groups excluding tert-OH is 1. The molecule has 5 heteroatoms. The molecular formula is C20H26N2O3. The van der Waals surface area contributed by atoms with Crippen LogP contribution in [0.25, 0.3) is 11.0 Å². The highest BCUT2D eigenvalue weighted by Crippen LogP contribution is 2.38. The third-order valence-corrected chi connectivity index (χ3v) is 5.88. The van der Waals surface area contributed by atoms with E-state index in [-0.39, 0.29) is 5.91 Å². The lowest BCUT2D eigenvalue weighted by Crippen LogP contribution is -2.61. The van der Waals surface area contributed by atoms with Gasteiger partial charge in [-0.15, -0.1) is 0 Å². The number of benzene rings is 1. The summed E-state index contributed by atoms with van der Waals surface area (Å²) in [5.41, 5.74) is 1.50. The molecule has 1 aromatic heterocycles. The fraction of sp³-hybridized carbons (Fsp3) is 0.550. The lowest BCUT2D eigenvalue weighted by molar-refractivity contribution is -0.149. The van der Waals surface area contributed by atoms with Crippen LogP contribution in [0.15, 0.2) is 28.7 Å². The minimum Gasteiger partial charge on any atom is -0.461 e. The first-order valence-corrected chi connectivity index (χ1v) is 9.32. The van der Waals surface area contributed by atoms with E-state index in [0.717, 1.165) is 55.6 Å². The van der Waals surface area contributed by atoms with Crippen LogP contribution in [0.2, 0.25) is 0 Å². The fourth-order valence-corrected chi connectivity index (χ4v) is 4.50. The van der Waals surface area contributed by atoms with Gasteiger partial charge < -0.3 is 14.8 Å². The molecule has 2 aliphatic rings. The number of furan rings is 1. The van der Waals surface area contributed by atoms with Gasteiger partial charge in [-0.3, -0.25) is 9.69 Å². The number of fused-ring (bicyclic) bond motifs is 1. The molecule has 3 heterocycles. The molecule has 0 bridgehead atoms. The zero-order chi connectivity index (χ0) is 17.4. The molecule has 2 saturated heterocycles. The SMILES string of the molecule is CCc1oc2ccccc2c1CN1CC[C@H](O)[C@@]2(CCCNC2=O)C1. The quantitative estimate of drug-likeness (QED) is 0.899. The predicted octanol–water partition coefficient (Wildman–Crippen LogP) is 2.46. The average Bonchev–Trinajstić information content (AvgIpc) is 2.98. The molecule has 4 rings (SSSR count). The number of piperidine rings is 2. The van der Waals surface area contributed by atoms with Crippen molar-refractivity contribution in [3.05, 3.63) is 35.6 Å². The number of carbonyl (C=O) groups is 1. The standard InChI is InChI=1S/C20H26N2O3/c1-2-16-15(14-6-3-4-7-17(14)25-16)12-22-11-8-18(23)20(13-22)9-5-10-21-19(20)24/h3-4,6-7,18,23H,2,5,8-13H2,1H3,(H,21,24)/t18-,20+/m0/s1. The van der Waals surface area contributed by atoms with Crippen molar-refractivity contribution in [1.29, 1.82) is 0 Å². The zero-order valence-corrected chi connectivity index (χ0v) is 14.8. The van der Waals surface area contributed by atoms with E-state index in [9.17, 15) is 9.90 Å². The van der Waals surface area contributed by atoms with Crippen LogP contribution in [0.5, 0.6) is 0 Å². The maximum Gasteiger partial charge on any atom is 0.230 e. The second-order valence-corrected chi connectivity index (χ2v) is 7.38. The van der Waals surface area contributed by atoms with Gasteiger partial charge in [0.2, 0.25) is 5.91 Å². The fourth-order valence-electron chi connectivity index (χ4n) is 4.50. The summed E-state index contributed by atoms with van der Waals surface area (Å²) in [6, 6.07) is 8.15. The largest absolute Gasteiger partial charge is 0.461 e. The average molecular weight is 342 g/mol. The number of likely N-dealkylation sites (tertiary alicyclic amines) is 1. The van der Waals surface area contributed by atoms with Gasteiger partial charge in [0.25, 0.3) is 0 Å². The Morgan fingerprint density at radius 1 is 1.40 bits per heavy atom. The van der Waals surface area contributed by atoms with Gasteiger partial charge in [0.1, 0.15) is 11.3 Å². The van der Waals surface area contributed by atoms with Crippen molar-refractivity contribution in [3.63, 3.8) is 0 Å². The third kappa shape index (κ3) is 2.75. The number of rotatable bonds is 3. The maximum absolute atomic E-state index is 12.5. The van der Waals surface area contributed by atoms with E-state index in [1.165, 1.54) is 5.56 Å². The van der Waals surface area contributed by atoms with E-state index in [0.29, 0.717) is 13.0 Å². The summed E-state index contributed by atoms with van der Waals surface area (Å²) in [4.78, 5) is 14.9. The molecule has 2 N–H and O–H groups in total. The number of amides is 1. The monoisotopic (exact) mass is 342 g/mol. The van der Waals surface area contributed by atoms with Crippen LogP contribution in [0.3, 0.4) is 0 Å². The molecule has 0 aliphatic carbocycles. The number of aryl methyl sites for hydroxylation is 1. The Balaban J connectivity index is 1.62. The van der Waals surface area contributed by atoms with Crippen LogP contribution in [0.1, 0.15) is 37.5 Å². The van der Waals surface area contributed by atoms with Crippen LogP contribution in [-0.4, -0.2) is 41.7 Å². The number of hydrogen-bond acceptors (Lipinski definition) is 4. The van der Waals surface area contributed by atoms with E-state index in [1.807, 2.05) is 18.2 Å². The van der Waals surface area contributed by atoms with Crippen LogP contribution >= 0.6 is 0 Å². The molecule has 0 radical (unpaired) electrons. The smallest absolute Gasteiger partial charge is 0.230 e.